The molecule has 2 aromatic carbocycles. The van der Waals surface area contributed by atoms with E-state index in [1.54, 1.807) is 12.1 Å². The van der Waals surface area contributed by atoms with Crippen LogP contribution >= 0.6 is 23.5 Å². The maximum absolute atomic E-state index is 12.3. The Morgan fingerprint density at radius 2 is 1.60 bits per heavy atom. The van der Waals surface area contributed by atoms with Crippen molar-refractivity contribution in [3.63, 3.8) is 0 Å². The number of benzene rings is 2. The van der Waals surface area contributed by atoms with Gasteiger partial charge < -0.3 is 8.92 Å². The van der Waals surface area contributed by atoms with E-state index in [0.29, 0.717) is 4.58 Å². The summed E-state index contributed by atoms with van der Waals surface area (Å²) < 4.78 is 34.9. The van der Waals surface area contributed by atoms with E-state index in [1.807, 2.05) is 35.7 Å². The molecule has 0 atom stereocenters. The first-order valence-electron chi connectivity index (χ1n) is 7.45. The van der Waals surface area contributed by atoms with Gasteiger partial charge in [-0.1, -0.05) is 12.1 Å². The van der Waals surface area contributed by atoms with Crippen LogP contribution in [-0.4, -0.2) is 33.0 Å². The van der Waals surface area contributed by atoms with Crippen molar-refractivity contribution in [1.29, 1.82) is 0 Å². The Morgan fingerprint density at radius 3 is 2.16 bits per heavy atom. The lowest BCUT2D eigenvalue weighted by Gasteiger charge is -2.10. The molecular weight excluding hydrogens is 380 g/mol. The van der Waals surface area contributed by atoms with E-state index < -0.39 is 16.1 Å². The molecule has 0 amide bonds. The van der Waals surface area contributed by atoms with Crippen molar-refractivity contribution >= 4 is 39.6 Å². The highest BCUT2D eigenvalue weighted by Crippen LogP contribution is 2.45. The highest BCUT2D eigenvalue weighted by Gasteiger charge is 2.20. The molecule has 0 radical (unpaired) electrons. The first kappa shape index (κ1) is 18.2. The van der Waals surface area contributed by atoms with Crippen LogP contribution in [0.3, 0.4) is 0 Å². The lowest BCUT2D eigenvalue weighted by atomic mass is 10.2. The lowest BCUT2D eigenvalue weighted by Crippen LogP contribution is -2.10. The number of methoxy groups -OCH3 is 1. The molecule has 1 aliphatic heterocycles. The van der Waals surface area contributed by atoms with Crippen molar-refractivity contribution in [3.8, 4) is 5.75 Å². The fraction of sp³-hybridized carbons (Fsp3) is 0.235. The van der Waals surface area contributed by atoms with Gasteiger partial charge in [0.2, 0.25) is 0 Å². The Balaban J connectivity index is 1.73. The Hall–Kier alpha value is -1.64. The molecule has 132 valence electrons. The lowest BCUT2D eigenvalue weighted by molar-refractivity contribution is 0.0600. The molecule has 25 heavy (non-hydrogen) atoms. The molecular formula is C17H16O5S3. The Morgan fingerprint density at radius 1 is 1.00 bits per heavy atom. The molecule has 0 bridgehead atoms. The summed E-state index contributed by atoms with van der Waals surface area (Å²) in [6, 6.07) is 12.5. The highest BCUT2D eigenvalue weighted by atomic mass is 32.2. The van der Waals surface area contributed by atoms with Gasteiger partial charge >= 0.3 is 16.1 Å². The summed E-state index contributed by atoms with van der Waals surface area (Å²) in [4.78, 5) is 11.4. The van der Waals surface area contributed by atoms with Gasteiger partial charge in [-0.25, -0.2) is 4.79 Å². The molecule has 3 rings (SSSR count). The minimum atomic E-state index is -3.96. The van der Waals surface area contributed by atoms with Gasteiger partial charge in [-0.3, -0.25) is 0 Å². The van der Waals surface area contributed by atoms with E-state index in [1.165, 1.54) is 31.4 Å². The highest BCUT2D eigenvalue weighted by molar-refractivity contribution is 8.19. The van der Waals surface area contributed by atoms with Crippen LogP contribution in [0.2, 0.25) is 0 Å². The summed E-state index contributed by atoms with van der Waals surface area (Å²) in [6.07, 6.45) is 0. The largest absolute Gasteiger partial charge is 0.465 e. The number of hydrogen-bond donors (Lipinski definition) is 0. The van der Waals surface area contributed by atoms with Crippen molar-refractivity contribution in [1.82, 2.24) is 0 Å². The van der Waals surface area contributed by atoms with Crippen LogP contribution in [0.5, 0.6) is 5.75 Å². The standard InChI is InChI=1S/C17H16O5S3/c1-21-16(18)12-4-8-15(9-5-12)25(19,20)22-14-6-2-13(3-7-14)17-23-10-11-24-17/h2-9,17H,10-11H2,1H3. The molecule has 1 saturated heterocycles. The molecule has 1 heterocycles. The first-order valence-corrected chi connectivity index (χ1v) is 11.0. The van der Waals surface area contributed by atoms with Crippen molar-refractivity contribution in [3.05, 3.63) is 59.7 Å². The van der Waals surface area contributed by atoms with Crippen LogP contribution in [0, 0.1) is 0 Å². The number of esters is 1. The fourth-order valence-corrected chi connectivity index (χ4v) is 6.07. The van der Waals surface area contributed by atoms with Crippen molar-refractivity contribution in [2.24, 2.45) is 0 Å². The summed E-state index contributed by atoms with van der Waals surface area (Å²) in [5.74, 6) is 1.99. The fourth-order valence-electron chi connectivity index (χ4n) is 2.28. The summed E-state index contributed by atoms with van der Waals surface area (Å²) >= 11 is 3.77. The third-order valence-corrected chi connectivity index (χ3v) is 7.91. The average Bonchev–Trinajstić information content (AvgIpc) is 3.16. The Kier molecular flexibility index (Phi) is 5.61. The van der Waals surface area contributed by atoms with Crippen molar-refractivity contribution in [2.45, 2.75) is 9.48 Å². The second-order valence-electron chi connectivity index (χ2n) is 5.20. The molecule has 0 N–H and O–H groups in total. The predicted molar refractivity (Wildman–Crippen MR) is 99.7 cm³/mol. The molecule has 0 saturated carbocycles. The zero-order valence-electron chi connectivity index (χ0n) is 13.4. The monoisotopic (exact) mass is 396 g/mol. The zero-order valence-corrected chi connectivity index (χ0v) is 15.8. The van der Waals surface area contributed by atoms with Crippen LogP contribution < -0.4 is 4.18 Å². The van der Waals surface area contributed by atoms with Crippen molar-refractivity contribution < 1.29 is 22.1 Å². The normalized spacial score (nSPS) is 15.1. The van der Waals surface area contributed by atoms with Crippen LogP contribution in [-0.2, 0) is 14.9 Å². The van der Waals surface area contributed by atoms with Gasteiger partial charge in [-0.15, -0.1) is 23.5 Å². The van der Waals surface area contributed by atoms with Gasteiger partial charge in [0.1, 0.15) is 10.6 Å². The molecule has 0 aliphatic carbocycles. The molecule has 1 aliphatic rings. The molecule has 0 unspecified atom stereocenters. The van der Waals surface area contributed by atoms with E-state index in [0.717, 1.165) is 17.1 Å². The number of thioether (sulfide) groups is 2. The number of carbonyl (C=O) groups is 1. The summed E-state index contributed by atoms with van der Waals surface area (Å²) in [5.41, 5.74) is 1.43. The van der Waals surface area contributed by atoms with Crippen LogP contribution in [0.15, 0.2) is 53.4 Å². The third kappa shape index (κ3) is 4.31. The second-order valence-corrected chi connectivity index (χ2v) is 9.47. The van der Waals surface area contributed by atoms with E-state index >= 15 is 0 Å². The summed E-state index contributed by atoms with van der Waals surface area (Å²) in [5, 5.41) is 0. The van der Waals surface area contributed by atoms with E-state index in [-0.39, 0.29) is 16.2 Å². The zero-order chi connectivity index (χ0) is 17.9. The SMILES string of the molecule is COC(=O)c1ccc(S(=O)(=O)Oc2ccc(C3SCCS3)cc2)cc1. The van der Waals surface area contributed by atoms with Crippen LogP contribution in [0.4, 0.5) is 0 Å². The van der Waals surface area contributed by atoms with Gasteiger partial charge in [0.15, 0.2) is 0 Å². The van der Waals surface area contributed by atoms with E-state index in [9.17, 15) is 13.2 Å². The Labute approximate surface area is 155 Å². The maximum atomic E-state index is 12.3. The molecule has 8 heteroatoms. The topological polar surface area (TPSA) is 69.7 Å². The van der Waals surface area contributed by atoms with Crippen molar-refractivity contribution in [2.75, 3.05) is 18.6 Å². The minimum Gasteiger partial charge on any atom is -0.465 e. The molecule has 5 nitrogen and oxygen atoms in total. The minimum absolute atomic E-state index is 0.0221. The van der Waals surface area contributed by atoms with E-state index in [2.05, 4.69) is 4.74 Å². The second kappa shape index (κ2) is 7.72. The number of carbonyl (C=O) groups excluding carboxylic acids is 1. The molecule has 2 aromatic rings. The summed E-state index contributed by atoms with van der Waals surface area (Å²) in [6.45, 7) is 0. The predicted octanol–water partition coefficient (Wildman–Crippen LogP) is 3.72. The van der Waals surface area contributed by atoms with E-state index in [4.69, 9.17) is 4.18 Å². The first-order chi connectivity index (χ1) is 12.0. The van der Waals surface area contributed by atoms with Gasteiger partial charge in [0.25, 0.3) is 0 Å². The molecule has 1 fully saturated rings. The third-order valence-electron chi connectivity index (χ3n) is 3.54. The van der Waals surface area contributed by atoms with Gasteiger partial charge in [-0.05, 0) is 42.0 Å². The van der Waals surface area contributed by atoms with Crippen LogP contribution in [0.25, 0.3) is 0 Å². The number of ether oxygens (including phenoxy) is 1. The van der Waals surface area contributed by atoms with Gasteiger partial charge in [0.05, 0.1) is 17.3 Å². The number of rotatable bonds is 5. The molecule has 0 aromatic heterocycles. The molecule has 0 spiro atoms. The smallest absolute Gasteiger partial charge is 0.339 e. The van der Waals surface area contributed by atoms with Crippen LogP contribution in [0.1, 0.15) is 20.5 Å². The Bertz CT molecular complexity index is 839. The quantitative estimate of drug-likeness (QED) is 0.563. The maximum Gasteiger partial charge on any atom is 0.339 e. The number of hydrogen-bond acceptors (Lipinski definition) is 7. The van der Waals surface area contributed by atoms with Gasteiger partial charge in [0, 0.05) is 11.5 Å². The summed E-state index contributed by atoms with van der Waals surface area (Å²) in [7, 11) is -2.69. The van der Waals surface area contributed by atoms with Gasteiger partial charge in [-0.2, -0.15) is 8.42 Å². The average molecular weight is 397 g/mol.